The van der Waals surface area contributed by atoms with Crippen molar-refractivity contribution in [3.05, 3.63) is 65.2 Å². The second-order valence-corrected chi connectivity index (χ2v) is 6.14. The van der Waals surface area contributed by atoms with Gasteiger partial charge in [-0.15, -0.1) is 0 Å². The fourth-order valence-corrected chi connectivity index (χ4v) is 2.40. The highest BCUT2D eigenvalue weighted by Gasteiger charge is 2.26. The number of carbonyl (C=O) groups excluding carboxylic acids is 2. The molecule has 0 aromatic heterocycles. The Balaban J connectivity index is 2.11. The van der Waals surface area contributed by atoms with Gasteiger partial charge in [0, 0.05) is 16.3 Å². The summed E-state index contributed by atoms with van der Waals surface area (Å²) in [5.74, 6) is -0.511. The van der Waals surface area contributed by atoms with Crippen LogP contribution >= 0.6 is 11.6 Å². The van der Waals surface area contributed by atoms with Crippen molar-refractivity contribution in [1.82, 2.24) is 5.32 Å². The van der Waals surface area contributed by atoms with E-state index in [1.54, 1.807) is 24.3 Å². The van der Waals surface area contributed by atoms with Gasteiger partial charge >= 0.3 is 0 Å². The average Bonchev–Trinajstić information content (AvgIpc) is 2.60. The summed E-state index contributed by atoms with van der Waals surface area (Å²) in [5.41, 5.74) is 1.18. The van der Waals surface area contributed by atoms with Crippen molar-refractivity contribution in [2.24, 2.45) is 5.92 Å². The molecular formula is C19H21ClN2O2. The molecule has 2 amide bonds. The predicted octanol–water partition coefficient (Wildman–Crippen LogP) is 4.12. The monoisotopic (exact) mass is 344 g/mol. The first-order valence-electron chi connectivity index (χ1n) is 7.93. The second kappa shape index (κ2) is 8.50. The number of nitrogens with one attached hydrogen (secondary N) is 2. The van der Waals surface area contributed by atoms with E-state index >= 15 is 0 Å². The Hall–Kier alpha value is -2.33. The zero-order valence-corrected chi connectivity index (χ0v) is 14.5. The molecule has 0 bridgehead atoms. The van der Waals surface area contributed by atoms with Crippen molar-refractivity contribution < 1.29 is 9.59 Å². The lowest BCUT2D eigenvalue weighted by Gasteiger charge is -2.23. The van der Waals surface area contributed by atoms with Crippen LogP contribution in [-0.4, -0.2) is 17.9 Å². The molecule has 0 radical (unpaired) electrons. The molecule has 0 fully saturated rings. The van der Waals surface area contributed by atoms with E-state index in [-0.39, 0.29) is 17.7 Å². The first-order valence-corrected chi connectivity index (χ1v) is 8.31. The lowest BCUT2D eigenvalue weighted by Crippen LogP contribution is -2.47. The van der Waals surface area contributed by atoms with E-state index in [1.165, 1.54) is 0 Å². The third kappa shape index (κ3) is 4.83. The standard InChI is InChI=1S/C19H21ClN2O2/c1-3-13(2)17(19(24)21-16-7-5-4-6-8-16)22-18(23)14-9-11-15(20)12-10-14/h4-13,17H,3H2,1-2H3,(H,21,24)(H,22,23). The summed E-state index contributed by atoms with van der Waals surface area (Å²) in [5, 5.41) is 6.24. The zero-order valence-electron chi connectivity index (χ0n) is 13.8. The molecule has 2 atom stereocenters. The van der Waals surface area contributed by atoms with E-state index in [2.05, 4.69) is 10.6 Å². The van der Waals surface area contributed by atoms with Crippen molar-refractivity contribution in [3.63, 3.8) is 0 Å². The molecule has 2 N–H and O–H groups in total. The SMILES string of the molecule is CCC(C)C(NC(=O)c1ccc(Cl)cc1)C(=O)Nc1ccccc1. The summed E-state index contributed by atoms with van der Waals surface area (Å²) in [6, 6.07) is 15.2. The summed E-state index contributed by atoms with van der Waals surface area (Å²) in [4.78, 5) is 25.0. The van der Waals surface area contributed by atoms with Crippen molar-refractivity contribution >= 4 is 29.1 Å². The largest absolute Gasteiger partial charge is 0.340 e. The van der Waals surface area contributed by atoms with E-state index in [9.17, 15) is 9.59 Å². The molecule has 24 heavy (non-hydrogen) atoms. The molecule has 2 unspecified atom stereocenters. The predicted molar refractivity (Wildman–Crippen MR) is 97.2 cm³/mol. The zero-order chi connectivity index (χ0) is 17.5. The van der Waals surface area contributed by atoms with Crippen LogP contribution in [0.25, 0.3) is 0 Å². The van der Waals surface area contributed by atoms with Gasteiger partial charge in [0.1, 0.15) is 6.04 Å². The topological polar surface area (TPSA) is 58.2 Å². The second-order valence-electron chi connectivity index (χ2n) is 5.70. The van der Waals surface area contributed by atoms with Gasteiger partial charge in [-0.25, -0.2) is 0 Å². The number of amides is 2. The first-order chi connectivity index (χ1) is 11.5. The Kier molecular flexibility index (Phi) is 6.38. The molecular weight excluding hydrogens is 324 g/mol. The molecule has 2 aromatic carbocycles. The molecule has 0 aliphatic carbocycles. The third-order valence-corrected chi connectivity index (χ3v) is 4.18. The van der Waals surface area contributed by atoms with E-state index in [4.69, 9.17) is 11.6 Å². The van der Waals surface area contributed by atoms with E-state index in [0.717, 1.165) is 6.42 Å². The van der Waals surface area contributed by atoms with Crippen LogP contribution in [0.5, 0.6) is 0 Å². The van der Waals surface area contributed by atoms with Gasteiger partial charge in [0.25, 0.3) is 5.91 Å². The number of carbonyl (C=O) groups is 2. The third-order valence-electron chi connectivity index (χ3n) is 3.93. The fourth-order valence-electron chi connectivity index (χ4n) is 2.27. The molecule has 0 heterocycles. The van der Waals surface area contributed by atoms with Gasteiger partial charge in [-0.1, -0.05) is 50.1 Å². The molecule has 0 saturated heterocycles. The molecule has 0 aliphatic rings. The number of rotatable bonds is 6. The summed E-state index contributed by atoms with van der Waals surface area (Å²) in [6.45, 7) is 3.93. The van der Waals surface area contributed by atoms with Crippen molar-refractivity contribution in [2.45, 2.75) is 26.3 Å². The van der Waals surface area contributed by atoms with Crippen molar-refractivity contribution in [2.75, 3.05) is 5.32 Å². The van der Waals surface area contributed by atoms with Crippen LogP contribution in [0.15, 0.2) is 54.6 Å². The quantitative estimate of drug-likeness (QED) is 0.828. The maximum absolute atomic E-state index is 12.6. The number of para-hydroxylation sites is 1. The van der Waals surface area contributed by atoms with Gasteiger partial charge in [-0.05, 0) is 42.3 Å². The van der Waals surface area contributed by atoms with Crippen LogP contribution in [0.2, 0.25) is 5.02 Å². The Labute approximate surface area is 147 Å². The van der Waals surface area contributed by atoms with Gasteiger partial charge in [0.15, 0.2) is 0 Å². The minimum Gasteiger partial charge on any atom is -0.340 e. The lowest BCUT2D eigenvalue weighted by atomic mass is 9.97. The van der Waals surface area contributed by atoms with Crippen LogP contribution in [0, 0.1) is 5.92 Å². The maximum Gasteiger partial charge on any atom is 0.251 e. The van der Waals surface area contributed by atoms with Crippen LogP contribution in [0.1, 0.15) is 30.6 Å². The number of halogens is 1. The Morgan fingerprint density at radius 2 is 1.67 bits per heavy atom. The lowest BCUT2D eigenvalue weighted by molar-refractivity contribution is -0.119. The normalized spacial score (nSPS) is 13.0. The number of anilines is 1. The van der Waals surface area contributed by atoms with Gasteiger partial charge in [0.05, 0.1) is 0 Å². The van der Waals surface area contributed by atoms with Crippen LogP contribution in [0.4, 0.5) is 5.69 Å². The Morgan fingerprint density at radius 1 is 1.04 bits per heavy atom. The minimum absolute atomic E-state index is 0.00459. The Bertz CT molecular complexity index is 686. The molecule has 0 aliphatic heterocycles. The number of hydrogen-bond donors (Lipinski definition) is 2. The molecule has 5 heteroatoms. The molecule has 4 nitrogen and oxygen atoms in total. The number of hydrogen-bond acceptors (Lipinski definition) is 2. The molecule has 0 saturated carbocycles. The summed E-state index contributed by atoms with van der Waals surface area (Å²) in [7, 11) is 0. The van der Waals surface area contributed by atoms with E-state index in [0.29, 0.717) is 16.3 Å². The summed E-state index contributed by atoms with van der Waals surface area (Å²) < 4.78 is 0. The highest BCUT2D eigenvalue weighted by atomic mass is 35.5. The highest BCUT2D eigenvalue weighted by molar-refractivity contribution is 6.30. The van der Waals surface area contributed by atoms with Crippen molar-refractivity contribution in [3.8, 4) is 0 Å². The summed E-state index contributed by atoms with van der Waals surface area (Å²) in [6.07, 6.45) is 0.772. The molecule has 0 spiro atoms. The van der Waals surface area contributed by atoms with Gasteiger partial charge in [0.2, 0.25) is 5.91 Å². The molecule has 2 aromatic rings. The first kappa shape index (κ1) is 18.0. The maximum atomic E-state index is 12.6. The number of benzene rings is 2. The Morgan fingerprint density at radius 3 is 2.25 bits per heavy atom. The minimum atomic E-state index is -0.613. The smallest absolute Gasteiger partial charge is 0.251 e. The van der Waals surface area contributed by atoms with E-state index in [1.807, 2.05) is 44.2 Å². The summed E-state index contributed by atoms with van der Waals surface area (Å²) >= 11 is 5.84. The fraction of sp³-hybridized carbons (Fsp3) is 0.263. The van der Waals surface area contributed by atoms with Gasteiger partial charge in [-0.2, -0.15) is 0 Å². The molecule has 2 rings (SSSR count). The van der Waals surface area contributed by atoms with Gasteiger partial charge in [-0.3, -0.25) is 9.59 Å². The average molecular weight is 345 g/mol. The van der Waals surface area contributed by atoms with Crippen molar-refractivity contribution in [1.29, 1.82) is 0 Å². The van der Waals surface area contributed by atoms with Crippen LogP contribution in [-0.2, 0) is 4.79 Å². The molecule has 126 valence electrons. The van der Waals surface area contributed by atoms with Crippen LogP contribution in [0.3, 0.4) is 0 Å². The van der Waals surface area contributed by atoms with Crippen LogP contribution < -0.4 is 10.6 Å². The highest BCUT2D eigenvalue weighted by Crippen LogP contribution is 2.14. The van der Waals surface area contributed by atoms with Gasteiger partial charge < -0.3 is 10.6 Å². The van der Waals surface area contributed by atoms with E-state index < -0.39 is 6.04 Å².